The molecule has 0 unspecified atom stereocenters. The molecule has 3 aromatic rings. The highest BCUT2D eigenvalue weighted by atomic mass is 16.1. The van der Waals surface area contributed by atoms with Crippen molar-refractivity contribution < 1.29 is 4.79 Å². The Morgan fingerprint density at radius 2 is 1.50 bits per heavy atom. The van der Waals surface area contributed by atoms with Crippen LogP contribution in [0.15, 0.2) is 66.7 Å². The highest BCUT2D eigenvalue weighted by Gasteiger charge is 2.06. The zero-order chi connectivity index (χ0) is 13.8. The van der Waals surface area contributed by atoms with Gasteiger partial charge in [0, 0.05) is 5.56 Å². The zero-order valence-corrected chi connectivity index (χ0v) is 11.3. The lowest BCUT2D eigenvalue weighted by Gasteiger charge is -2.08. The van der Waals surface area contributed by atoms with Crippen LogP contribution in [0, 0.1) is 0 Å². The zero-order valence-electron chi connectivity index (χ0n) is 11.3. The summed E-state index contributed by atoms with van der Waals surface area (Å²) in [6.45, 7) is 0. The molecule has 0 saturated heterocycles. The van der Waals surface area contributed by atoms with Crippen molar-refractivity contribution in [3.8, 4) is 0 Å². The van der Waals surface area contributed by atoms with E-state index in [2.05, 4.69) is 36.4 Å². The van der Waals surface area contributed by atoms with Crippen LogP contribution in [0.5, 0.6) is 0 Å². The molecule has 0 aliphatic rings. The summed E-state index contributed by atoms with van der Waals surface area (Å²) in [5.74, 6) is 0. The SMILES string of the molecule is O=Cc1c(CCc2ccccc2)ccc2ccccc12. The van der Waals surface area contributed by atoms with Crippen molar-refractivity contribution in [1.82, 2.24) is 0 Å². The molecule has 0 atom stereocenters. The molecule has 0 heterocycles. The molecule has 0 spiro atoms. The predicted molar refractivity (Wildman–Crippen MR) is 83.2 cm³/mol. The first kappa shape index (κ1) is 12.6. The molecule has 3 aromatic carbocycles. The number of aldehydes is 1. The number of benzene rings is 3. The number of fused-ring (bicyclic) bond motifs is 1. The fourth-order valence-corrected chi connectivity index (χ4v) is 2.62. The fraction of sp³-hybridized carbons (Fsp3) is 0.105. The first-order valence-electron chi connectivity index (χ1n) is 6.88. The number of aryl methyl sites for hydroxylation is 2. The monoisotopic (exact) mass is 260 g/mol. The first-order chi connectivity index (χ1) is 9.88. The third-order valence-corrected chi connectivity index (χ3v) is 3.70. The quantitative estimate of drug-likeness (QED) is 0.634. The van der Waals surface area contributed by atoms with E-state index in [0.29, 0.717) is 0 Å². The largest absolute Gasteiger partial charge is 0.298 e. The van der Waals surface area contributed by atoms with Crippen molar-refractivity contribution in [3.05, 3.63) is 83.4 Å². The summed E-state index contributed by atoms with van der Waals surface area (Å²) < 4.78 is 0. The Bertz CT molecular complexity index is 729. The van der Waals surface area contributed by atoms with E-state index >= 15 is 0 Å². The van der Waals surface area contributed by atoms with Crippen LogP contribution in [-0.2, 0) is 12.8 Å². The standard InChI is InChI=1S/C19H16O/c20-14-19-17(11-10-15-6-2-1-3-7-15)13-12-16-8-4-5-9-18(16)19/h1-9,12-14H,10-11H2. The van der Waals surface area contributed by atoms with Gasteiger partial charge in [-0.25, -0.2) is 0 Å². The van der Waals surface area contributed by atoms with Gasteiger partial charge >= 0.3 is 0 Å². The van der Waals surface area contributed by atoms with Gasteiger partial charge in [0.15, 0.2) is 6.29 Å². The minimum Gasteiger partial charge on any atom is -0.298 e. The molecule has 1 nitrogen and oxygen atoms in total. The topological polar surface area (TPSA) is 17.1 Å². The molecular formula is C19H16O. The lowest BCUT2D eigenvalue weighted by Crippen LogP contribution is -1.97. The number of carbonyl (C=O) groups excluding carboxylic acids is 1. The van der Waals surface area contributed by atoms with Gasteiger partial charge in [0.05, 0.1) is 0 Å². The van der Waals surface area contributed by atoms with Crippen LogP contribution < -0.4 is 0 Å². The molecule has 0 bridgehead atoms. The van der Waals surface area contributed by atoms with Crippen LogP contribution >= 0.6 is 0 Å². The maximum Gasteiger partial charge on any atom is 0.150 e. The Morgan fingerprint density at radius 3 is 2.30 bits per heavy atom. The molecular weight excluding hydrogens is 244 g/mol. The van der Waals surface area contributed by atoms with E-state index in [1.54, 1.807) is 0 Å². The van der Waals surface area contributed by atoms with Gasteiger partial charge in [0.1, 0.15) is 0 Å². The Labute approximate surface area is 118 Å². The summed E-state index contributed by atoms with van der Waals surface area (Å²) in [7, 11) is 0. The van der Waals surface area contributed by atoms with Crippen molar-refractivity contribution >= 4 is 17.1 Å². The van der Waals surface area contributed by atoms with Crippen molar-refractivity contribution in [1.29, 1.82) is 0 Å². The van der Waals surface area contributed by atoms with Crippen LogP contribution in [-0.4, -0.2) is 6.29 Å². The van der Waals surface area contributed by atoms with Gasteiger partial charge in [0.25, 0.3) is 0 Å². The number of carbonyl (C=O) groups is 1. The van der Waals surface area contributed by atoms with E-state index in [1.165, 1.54) is 5.56 Å². The van der Waals surface area contributed by atoms with Gasteiger partial charge in [-0.05, 0) is 34.7 Å². The highest BCUT2D eigenvalue weighted by molar-refractivity contribution is 5.99. The van der Waals surface area contributed by atoms with Crippen molar-refractivity contribution in [2.24, 2.45) is 0 Å². The Morgan fingerprint density at radius 1 is 0.750 bits per heavy atom. The number of hydrogen-bond acceptors (Lipinski definition) is 1. The van der Waals surface area contributed by atoms with Crippen molar-refractivity contribution in [3.63, 3.8) is 0 Å². The van der Waals surface area contributed by atoms with Gasteiger partial charge in [-0.3, -0.25) is 4.79 Å². The molecule has 0 fully saturated rings. The van der Waals surface area contributed by atoms with E-state index < -0.39 is 0 Å². The molecule has 3 rings (SSSR count). The van der Waals surface area contributed by atoms with Gasteiger partial charge in [-0.2, -0.15) is 0 Å². The summed E-state index contributed by atoms with van der Waals surface area (Å²) in [6.07, 6.45) is 2.84. The number of hydrogen-bond donors (Lipinski definition) is 0. The minimum absolute atomic E-state index is 0.832. The summed E-state index contributed by atoms with van der Waals surface area (Å²) in [4.78, 5) is 11.5. The average Bonchev–Trinajstić information content (AvgIpc) is 2.53. The third kappa shape index (κ3) is 2.48. The van der Waals surface area contributed by atoms with Crippen molar-refractivity contribution in [2.75, 3.05) is 0 Å². The Balaban J connectivity index is 1.93. The average molecular weight is 260 g/mol. The number of rotatable bonds is 4. The molecule has 0 N–H and O–H groups in total. The van der Waals surface area contributed by atoms with Gasteiger partial charge < -0.3 is 0 Å². The summed E-state index contributed by atoms with van der Waals surface area (Å²) >= 11 is 0. The molecule has 98 valence electrons. The van der Waals surface area contributed by atoms with E-state index in [1.807, 2.05) is 30.3 Å². The van der Waals surface area contributed by atoms with E-state index in [9.17, 15) is 4.79 Å². The lowest BCUT2D eigenvalue weighted by atomic mass is 9.95. The molecule has 0 aromatic heterocycles. The molecule has 0 aliphatic heterocycles. The Kier molecular flexibility index (Phi) is 3.60. The second-order valence-electron chi connectivity index (χ2n) is 4.96. The fourth-order valence-electron chi connectivity index (χ4n) is 2.62. The summed E-state index contributed by atoms with van der Waals surface area (Å²) in [5.41, 5.74) is 3.26. The summed E-state index contributed by atoms with van der Waals surface area (Å²) in [5, 5.41) is 2.17. The maximum absolute atomic E-state index is 11.5. The second kappa shape index (κ2) is 5.70. The molecule has 0 amide bonds. The van der Waals surface area contributed by atoms with Crippen molar-refractivity contribution in [2.45, 2.75) is 12.8 Å². The predicted octanol–water partition coefficient (Wildman–Crippen LogP) is 4.44. The second-order valence-corrected chi connectivity index (χ2v) is 4.96. The molecule has 1 heteroatoms. The lowest BCUT2D eigenvalue weighted by molar-refractivity contribution is 0.112. The van der Waals surface area contributed by atoms with Crippen LogP contribution in [0.2, 0.25) is 0 Å². The smallest absolute Gasteiger partial charge is 0.150 e. The molecule has 20 heavy (non-hydrogen) atoms. The molecule has 0 saturated carbocycles. The minimum atomic E-state index is 0.832. The molecule has 0 aliphatic carbocycles. The maximum atomic E-state index is 11.5. The van der Waals surface area contributed by atoms with Gasteiger partial charge in [-0.15, -0.1) is 0 Å². The van der Waals surface area contributed by atoms with E-state index in [-0.39, 0.29) is 0 Å². The van der Waals surface area contributed by atoms with Gasteiger partial charge in [-0.1, -0.05) is 66.7 Å². The van der Waals surface area contributed by atoms with Crippen LogP contribution in [0.4, 0.5) is 0 Å². The third-order valence-electron chi connectivity index (χ3n) is 3.70. The molecule has 0 radical (unpaired) electrons. The van der Waals surface area contributed by atoms with Crippen LogP contribution in [0.1, 0.15) is 21.5 Å². The first-order valence-corrected chi connectivity index (χ1v) is 6.88. The van der Waals surface area contributed by atoms with Crippen LogP contribution in [0.3, 0.4) is 0 Å². The summed E-state index contributed by atoms with van der Waals surface area (Å²) in [6, 6.07) is 22.6. The highest BCUT2D eigenvalue weighted by Crippen LogP contribution is 2.22. The van der Waals surface area contributed by atoms with E-state index in [4.69, 9.17) is 0 Å². The van der Waals surface area contributed by atoms with Gasteiger partial charge in [0.2, 0.25) is 0 Å². The normalized spacial score (nSPS) is 10.6. The van der Waals surface area contributed by atoms with E-state index in [0.717, 1.165) is 41.0 Å². The Hall–Kier alpha value is -2.41. The van der Waals surface area contributed by atoms with Crippen LogP contribution in [0.25, 0.3) is 10.8 Å².